The quantitative estimate of drug-likeness (QED) is 0.788. The Morgan fingerprint density at radius 2 is 1.93 bits per heavy atom. The van der Waals surface area contributed by atoms with Crippen molar-refractivity contribution in [3.63, 3.8) is 0 Å². The summed E-state index contributed by atoms with van der Waals surface area (Å²) in [6.07, 6.45) is 0. The van der Waals surface area contributed by atoms with Crippen molar-refractivity contribution in [1.82, 2.24) is 0 Å². The third kappa shape index (κ3) is 2.10. The summed E-state index contributed by atoms with van der Waals surface area (Å²) >= 11 is 5.60. The predicted octanol–water partition coefficient (Wildman–Crippen LogP) is 2.91. The number of rotatable bonds is 3. The highest BCUT2D eigenvalue weighted by molar-refractivity contribution is 6.31. The van der Waals surface area contributed by atoms with Crippen LogP contribution in [0.3, 0.4) is 0 Å². The summed E-state index contributed by atoms with van der Waals surface area (Å²) in [6.45, 7) is 5.58. The van der Waals surface area contributed by atoms with Crippen molar-refractivity contribution in [2.75, 3.05) is 23.7 Å². The number of hydrogen-bond donors (Lipinski definition) is 1. The van der Waals surface area contributed by atoms with E-state index < -0.39 is 5.82 Å². The minimum atomic E-state index is -0.428. The molecule has 0 saturated heterocycles. The molecule has 0 saturated carbocycles. The summed E-state index contributed by atoms with van der Waals surface area (Å²) in [7, 11) is 0. The third-order valence-corrected chi connectivity index (χ3v) is 2.46. The summed E-state index contributed by atoms with van der Waals surface area (Å²) in [4.78, 5) is 1.98. The van der Waals surface area contributed by atoms with Gasteiger partial charge in [-0.15, -0.1) is 0 Å². The van der Waals surface area contributed by atoms with Gasteiger partial charge in [-0.05, 0) is 19.9 Å². The van der Waals surface area contributed by atoms with Crippen molar-refractivity contribution in [3.05, 3.63) is 23.0 Å². The van der Waals surface area contributed by atoms with Crippen LogP contribution in [0.4, 0.5) is 15.8 Å². The number of hydrogen-bond acceptors (Lipinski definition) is 2. The molecule has 0 heterocycles. The molecule has 78 valence electrons. The average molecular weight is 217 g/mol. The fraction of sp³-hybridized carbons (Fsp3) is 0.400. The van der Waals surface area contributed by atoms with Crippen LogP contribution in [-0.2, 0) is 0 Å². The molecule has 0 atom stereocenters. The molecule has 0 aromatic heterocycles. The van der Waals surface area contributed by atoms with E-state index >= 15 is 0 Å². The average Bonchev–Trinajstić information content (AvgIpc) is 2.15. The van der Waals surface area contributed by atoms with Crippen molar-refractivity contribution < 1.29 is 4.39 Å². The zero-order valence-corrected chi connectivity index (χ0v) is 9.11. The Morgan fingerprint density at radius 3 is 2.43 bits per heavy atom. The smallest absolute Gasteiger partial charge is 0.144 e. The van der Waals surface area contributed by atoms with Gasteiger partial charge in [0.2, 0.25) is 0 Å². The van der Waals surface area contributed by atoms with Gasteiger partial charge < -0.3 is 10.6 Å². The molecule has 2 nitrogen and oxygen atoms in total. The van der Waals surface area contributed by atoms with Crippen LogP contribution in [0.15, 0.2) is 12.1 Å². The van der Waals surface area contributed by atoms with Gasteiger partial charge in [0.25, 0.3) is 0 Å². The Kier molecular flexibility index (Phi) is 3.58. The highest BCUT2D eigenvalue weighted by atomic mass is 35.5. The van der Waals surface area contributed by atoms with Gasteiger partial charge in [0.1, 0.15) is 5.82 Å². The van der Waals surface area contributed by atoms with Crippen LogP contribution in [0, 0.1) is 5.82 Å². The minimum absolute atomic E-state index is 0.0680. The molecular weight excluding hydrogens is 203 g/mol. The lowest BCUT2D eigenvalue weighted by molar-refractivity contribution is 0.627. The monoisotopic (exact) mass is 216 g/mol. The molecule has 0 aliphatic rings. The molecule has 4 heteroatoms. The van der Waals surface area contributed by atoms with Crippen molar-refractivity contribution in [1.29, 1.82) is 0 Å². The van der Waals surface area contributed by atoms with Gasteiger partial charge in [0.05, 0.1) is 16.4 Å². The summed E-state index contributed by atoms with van der Waals surface area (Å²) in [6, 6.07) is 2.83. The zero-order valence-electron chi connectivity index (χ0n) is 8.35. The van der Waals surface area contributed by atoms with Crippen LogP contribution in [-0.4, -0.2) is 13.1 Å². The lowest BCUT2D eigenvalue weighted by Crippen LogP contribution is -2.23. The molecule has 2 N–H and O–H groups in total. The van der Waals surface area contributed by atoms with Gasteiger partial charge in [0, 0.05) is 19.2 Å². The standard InChI is InChI=1S/C10H14ClFN2/c1-3-14(4-2)10-6-8(12)7(11)5-9(10)13/h5-6H,3-4,13H2,1-2H3. The maximum Gasteiger partial charge on any atom is 0.144 e. The van der Waals surface area contributed by atoms with Crippen LogP contribution < -0.4 is 10.6 Å². The SMILES string of the molecule is CCN(CC)c1cc(F)c(Cl)cc1N. The summed E-state index contributed by atoms with van der Waals surface area (Å²) in [5, 5.41) is 0.0680. The summed E-state index contributed by atoms with van der Waals surface area (Å²) < 4.78 is 13.2. The molecule has 0 unspecified atom stereocenters. The largest absolute Gasteiger partial charge is 0.397 e. The van der Waals surface area contributed by atoms with E-state index in [0.717, 1.165) is 13.1 Å². The van der Waals surface area contributed by atoms with E-state index in [1.165, 1.54) is 12.1 Å². The molecular formula is C10H14ClFN2. The highest BCUT2D eigenvalue weighted by Crippen LogP contribution is 2.28. The molecule has 0 bridgehead atoms. The molecule has 0 spiro atoms. The van der Waals surface area contributed by atoms with Gasteiger partial charge in [-0.2, -0.15) is 0 Å². The molecule has 14 heavy (non-hydrogen) atoms. The Morgan fingerprint density at radius 1 is 1.36 bits per heavy atom. The van der Waals surface area contributed by atoms with Crippen LogP contribution in [0.5, 0.6) is 0 Å². The van der Waals surface area contributed by atoms with E-state index in [-0.39, 0.29) is 5.02 Å². The number of anilines is 2. The van der Waals surface area contributed by atoms with Gasteiger partial charge >= 0.3 is 0 Å². The van der Waals surface area contributed by atoms with E-state index in [9.17, 15) is 4.39 Å². The van der Waals surface area contributed by atoms with Gasteiger partial charge in [0.15, 0.2) is 0 Å². The second-order valence-corrected chi connectivity index (χ2v) is 3.40. The number of benzene rings is 1. The van der Waals surface area contributed by atoms with Crippen LogP contribution >= 0.6 is 11.6 Å². The molecule has 1 rings (SSSR count). The number of nitrogen functional groups attached to an aromatic ring is 1. The first kappa shape index (κ1) is 11.1. The van der Waals surface area contributed by atoms with Crippen LogP contribution in [0.2, 0.25) is 5.02 Å². The predicted molar refractivity (Wildman–Crippen MR) is 59.4 cm³/mol. The van der Waals surface area contributed by atoms with Crippen molar-refractivity contribution in [3.8, 4) is 0 Å². The van der Waals surface area contributed by atoms with Crippen molar-refractivity contribution in [2.24, 2.45) is 0 Å². The van der Waals surface area contributed by atoms with Gasteiger partial charge in [-0.1, -0.05) is 11.6 Å². The van der Waals surface area contributed by atoms with Crippen LogP contribution in [0.1, 0.15) is 13.8 Å². The fourth-order valence-electron chi connectivity index (χ4n) is 1.39. The second-order valence-electron chi connectivity index (χ2n) is 3.00. The Balaban J connectivity index is 3.14. The van der Waals surface area contributed by atoms with E-state index in [2.05, 4.69) is 0 Å². The fourth-order valence-corrected chi connectivity index (χ4v) is 1.56. The molecule has 1 aromatic rings. The van der Waals surface area contributed by atoms with Crippen molar-refractivity contribution >= 4 is 23.0 Å². The number of nitrogens with zero attached hydrogens (tertiary/aromatic N) is 1. The summed E-state index contributed by atoms with van der Waals surface area (Å²) in [5.41, 5.74) is 6.97. The molecule has 0 aliphatic heterocycles. The van der Waals surface area contributed by atoms with Gasteiger partial charge in [-0.3, -0.25) is 0 Å². The zero-order chi connectivity index (χ0) is 10.7. The first-order valence-corrected chi connectivity index (χ1v) is 4.97. The number of halogens is 2. The molecule has 0 aliphatic carbocycles. The first-order valence-electron chi connectivity index (χ1n) is 4.59. The maximum absolute atomic E-state index is 13.2. The topological polar surface area (TPSA) is 29.3 Å². The summed E-state index contributed by atoms with van der Waals surface area (Å²) in [5.74, 6) is -0.428. The van der Waals surface area contributed by atoms with Crippen LogP contribution in [0.25, 0.3) is 0 Å². The Bertz CT molecular complexity index is 324. The second kappa shape index (κ2) is 4.51. The van der Waals surface area contributed by atoms with E-state index in [0.29, 0.717) is 11.4 Å². The Hall–Kier alpha value is -0.960. The molecule has 0 amide bonds. The molecule has 0 radical (unpaired) electrons. The first-order chi connectivity index (χ1) is 6.60. The number of nitrogens with two attached hydrogens (primary N) is 1. The lowest BCUT2D eigenvalue weighted by atomic mass is 10.2. The Labute approximate surface area is 88.5 Å². The van der Waals surface area contributed by atoms with Gasteiger partial charge in [-0.25, -0.2) is 4.39 Å². The maximum atomic E-state index is 13.2. The third-order valence-electron chi connectivity index (χ3n) is 2.17. The van der Waals surface area contributed by atoms with E-state index in [1.54, 1.807) is 0 Å². The lowest BCUT2D eigenvalue weighted by Gasteiger charge is -2.22. The highest BCUT2D eigenvalue weighted by Gasteiger charge is 2.10. The van der Waals surface area contributed by atoms with Crippen molar-refractivity contribution in [2.45, 2.75) is 13.8 Å². The molecule has 1 aromatic carbocycles. The van der Waals surface area contributed by atoms with E-state index in [1.807, 2.05) is 18.7 Å². The molecule has 0 fully saturated rings. The minimum Gasteiger partial charge on any atom is -0.397 e. The van der Waals surface area contributed by atoms with E-state index in [4.69, 9.17) is 17.3 Å². The normalized spacial score (nSPS) is 10.3.